The van der Waals surface area contributed by atoms with E-state index in [0.29, 0.717) is 67.5 Å². The average Bonchev–Trinajstić information content (AvgIpc) is 3.02. The van der Waals surface area contributed by atoms with Crippen molar-refractivity contribution in [1.29, 1.82) is 0 Å². The van der Waals surface area contributed by atoms with Crippen molar-refractivity contribution in [1.82, 2.24) is 0 Å². The lowest BCUT2D eigenvalue weighted by Crippen LogP contribution is -2.22. The van der Waals surface area contributed by atoms with Crippen LogP contribution in [0.15, 0.2) is 97.1 Å². The molecule has 0 aromatic heterocycles. The van der Waals surface area contributed by atoms with E-state index in [1.807, 2.05) is 0 Å². The van der Waals surface area contributed by atoms with Crippen LogP contribution in [0.3, 0.4) is 0 Å². The topological polar surface area (TPSA) is 71.1 Å². The van der Waals surface area contributed by atoms with Gasteiger partial charge in [-0.25, -0.2) is 0 Å². The minimum Gasteiger partial charge on any atom is -0.497 e. The van der Waals surface area contributed by atoms with Gasteiger partial charge in [-0.05, 0) is 70.8 Å². The molecule has 0 radical (unpaired) electrons. The van der Waals surface area contributed by atoms with Crippen LogP contribution in [-0.4, -0.2) is 40.0 Å². The molecule has 5 rings (SSSR count). The van der Waals surface area contributed by atoms with Crippen LogP contribution in [0.2, 0.25) is 0 Å². The van der Waals surface area contributed by atoms with Gasteiger partial charge in [0.05, 0.1) is 28.4 Å². The van der Waals surface area contributed by atoms with Gasteiger partial charge >= 0.3 is 0 Å². The number of carbonyl (C=O) groups is 2. The Morgan fingerprint density at radius 2 is 0.500 bits per heavy atom. The molecular weight excluding hydrogens is 504 g/mol. The molecule has 1 aliphatic carbocycles. The smallest absolute Gasteiger partial charge is 0.195 e. The van der Waals surface area contributed by atoms with Crippen molar-refractivity contribution in [3.05, 3.63) is 119 Å². The Morgan fingerprint density at radius 3 is 0.650 bits per heavy atom. The van der Waals surface area contributed by atoms with Gasteiger partial charge in [0.15, 0.2) is 11.6 Å². The molecule has 6 nitrogen and oxygen atoms in total. The monoisotopic (exact) mass is 532 g/mol. The first kappa shape index (κ1) is 26.5. The fourth-order valence-corrected chi connectivity index (χ4v) is 4.84. The molecule has 0 spiro atoms. The third kappa shape index (κ3) is 4.87. The molecule has 0 bridgehead atoms. The van der Waals surface area contributed by atoms with Crippen LogP contribution in [0, 0.1) is 0 Å². The molecule has 0 atom stereocenters. The zero-order chi connectivity index (χ0) is 28.2. The van der Waals surface area contributed by atoms with Gasteiger partial charge in [-0.3, -0.25) is 9.59 Å². The van der Waals surface area contributed by atoms with Crippen molar-refractivity contribution in [2.75, 3.05) is 28.4 Å². The van der Waals surface area contributed by atoms with Crippen molar-refractivity contribution in [3.8, 4) is 23.0 Å². The summed E-state index contributed by atoms with van der Waals surface area (Å²) in [5, 5.41) is 0. The lowest BCUT2D eigenvalue weighted by molar-refractivity contribution is -0.111. The Kier molecular flexibility index (Phi) is 7.51. The fourth-order valence-electron chi connectivity index (χ4n) is 4.84. The summed E-state index contributed by atoms with van der Waals surface area (Å²) in [6.45, 7) is 0. The highest BCUT2D eigenvalue weighted by Gasteiger charge is 2.37. The van der Waals surface area contributed by atoms with Crippen molar-refractivity contribution >= 4 is 33.9 Å². The molecule has 0 saturated heterocycles. The third-order valence-electron chi connectivity index (χ3n) is 6.92. The lowest BCUT2D eigenvalue weighted by Gasteiger charge is -2.25. The molecule has 0 saturated carbocycles. The van der Waals surface area contributed by atoms with Crippen LogP contribution in [0.4, 0.5) is 0 Å². The predicted octanol–water partition coefficient (Wildman–Crippen LogP) is 6.39. The van der Waals surface area contributed by atoms with E-state index in [0.717, 1.165) is 0 Å². The number of allylic oxidation sites excluding steroid dienone is 4. The second kappa shape index (κ2) is 11.3. The summed E-state index contributed by atoms with van der Waals surface area (Å²) >= 11 is 0. The standard InChI is InChI=1S/C34H28O6/c1-37-25-13-5-21(6-14-25)29-30(22-7-15-26(38-2)16-8-22)34(36)32(24-11-19-28(40-4)20-12-24)31(33(29)35)23-9-17-27(39-3)18-10-23/h5-20H,1-4H3. The lowest BCUT2D eigenvalue weighted by atomic mass is 9.75. The highest BCUT2D eigenvalue weighted by atomic mass is 16.5. The largest absolute Gasteiger partial charge is 0.497 e. The second-order valence-corrected chi connectivity index (χ2v) is 9.07. The number of hydrogen-bond donors (Lipinski definition) is 0. The first-order valence-electron chi connectivity index (χ1n) is 12.6. The summed E-state index contributed by atoms with van der Waals surface area (Å²) in [5.74, 6) is 2.08. The maximum Gasteiger partial charge on any atom is 0.195 e. The summed E-state index contributed by atoms with van der Waals surface area (Å²) in [6.07, 6.45) is 0. The molecule has 0 amide bonds. The van der Waals surface area contributed by atoms with Gasteiger partial charge in [0, 0.05) is 22.3 Å². The summed E-state index contributed by atoms with van der Waals surface area (Å²) in [6, 6.07) is 28.6. The average molecular weight is 533 g/mol. The number of benzene rings is 4. The van der Waals surface area contributed by atoms with Gasteiger partial charge in [-0.1, -0.05) is 48.5 Å². The number of methoxy groups -OCH3 is 4. The van der Waals surface area contributed by atoms with E-state index in [1.165, 1.54) is 0 Å². The van der Waals surface area contributed by atoms with Gasteiger partial charge in [0.25, 0.3) is 0 Å². The van der Waals surface area contributed by atoms with Gasteiger partial charge in [0.2, 0.25) is 0 Å². The maximum atomic E-state index is 14.6. The Hall–Kier alpha value is -5.10. The zero-order valence-corrected chi connectivity index (χ0v) is 22.7. The highest BCUT2D eigenvalue weighted by molar-refractivity contribution is 6.66. The minimum atomic E-state index is -0.258. The normalized spacial score (nSPS) is 13.4. The Bertz CT molecular complexity index is 1360. The summed E-state index contributed by atoms with van der Waals surface area (Å²) in [5.41, 5.74) is 3.74. The molecule has 1 aliphatic rings. The van der Waals surface area contributed by atoms with E-state index in [-0.39, 0.29) is 11.6 Å². The zero-order valence-electron chi connectivity index (χ0n) is 22.7. The number of ketones is 2. The molecule has 4 aromatic rings. The van der Waals surface area contributed by atoms with Gasteiger partial charge in [-0.15, -0.1) is 0 Å². The molecule has 0 aliphatic heterocycles. The molecule has 0 heterocycles. The van der Waals surface area contributed by atoms with Crippen molar-refractivity contribution in [3.63, 3.8) is 0 Å². The predicted molar refractivity (Wildman–Crippen MR) is 156 cm³/mol. The van der Waals surface area contributed by atoms with E-state index in [9.17, 15) is 9.59 Å². The molecular formula is C34H28O6. The van der Waals surface area contributed by atoms with Crippen molar-refractivity contribution in [2.45, 2.75) is 0 Å². The SMILES string of the molecule is COc1ccc(C2=C(c3ccc(OC)cc3)C(=O)C(c3ccc(OC)cc3)=C(c3ccc(OC)cc3)C2=O)cc1. The summed E-state index contributed by atoms with van der Waals surface area (Å²) < 4.78 is 21.3. The van der Waals surface area contributed by atoms with Crippen LogP contribution in [0.1, 0.15) is 22.3 Å². The van der Waals surface area contributed by atoms with Crippen LogP contribution >= 0.6 is 0 Å². The number of rotatable bonds is 8. The van der Waals surface area contributed by atoms with Crippen molar-refractivity contribution in [2.24, 2.45) is 0 Å². The second-order valence-electron chi connectivity index (χ2n) is 9.07. The maximum absolute atomic E-state index is 14.6. The quantitative estimate of drug-likeness (QED) is 0.245. The molecule has 200 valence electrons. The molecule has 0 N–H and O–H groups in total. The third-order valence-corrected chi connectivity index (χ3v) is 6.92. The number of ether oxygens (including phenoxy) is 4. The molecule has 0 unspecified atom stereocenters. The van der Waals surface area contributed by atoms with E-state index in [4.69, 9.17) is 18.9 Å². The fraction of sp³-hybridized carbons (Fsp3) is 0.118. The molecule has 6 heteroatoms. The highest BCUT2D eigenvalue weighted by Crippen LogP contribution is 2.44. The van der Waals surface area contributed by atoms with E-state index in [1.54, 1.807) is 126 Å². The Morgan fingerprint density at radius 1 is 0.325 bits per heavy atom. The van der Waals surface area contributed by atoms with Crippen LogP contribution in [0.5, 0.6) is 23.0 Å². The van der Waals surface area contributed by atoms with Gasteiger partial charge in [-0.2, -0.15) is 0 Å². The first-order chi connectivity index (χ1) is 19.5. The van der Waals surface area contributed by atoms with Crippen LogP contribution in [0.25, 0.3) is 22.3 Å². The number of hydrogen-bond acceptors (Lipinski definition) is 6. The number of carbonyl (C=O) groups excluding carboxylic acids is 2. The molecule has 40 heavy (non-hydrogen) atoms. The van der Waals surface area contributed by atoms with Crippen molar-refractivity contribution < 1.29 is 28.5 Å². The molecule has 0 fully saturated rings. The van der Waals surface area contributed by atoms with E-state index in [2.05, 4.69) is 0 Å². The Balaban J connectivity index is 1.80. The molecule has 4 aromatic carbocycles. The Labute approximate surface area is 233 Å². The van der Waals surface area contributed by atoms with Crippen LogP contribution in [-0.2, 0) is 9.59 Å². The van der Waals surface area contributed by atoms with Crippen LogP contribution < -0.4 is 18.9 Å². The number of Topliss-reactive ketones (excluding diaryl/α,β-unsaturated/α-hetero) is 2. The van der Waals surface area contributed by atoms with Gasteiger partial charge in [0.1, 0.15) is 23.0 Å². The van der Waals surface area contributed by atoms with Gasteiger partial charge < -0.3 is 18.9 Å². The summed E-state index contributed by atoms with van der Waals surface area (Å²) in [4.78, 5) is 29.2. The van der Waals surface area contributed by atoms with E-state index >= 15 is 0 Å². The minimum absolute atomic E-state index is 0.258. The van der Waals surface area contributed by atoms with E-state index < -0.39 is 0 Å². The summed E-state index contributed by atoms with van der Waals surface area (Å²) in [7, 11) is 6.33. The first-order valence-corrected chi connectivity index (χ1v) is 12.6.